The number of halogens is 1. The molecular formula is C23H30ClN7O3S. The molecule has 1 aliphatic rings. The van der Waals surface area contributed by atoms with E-state index in [4.69, 9.17) is 11.6 Å². The average molecular weight is 520 g/mol. The van der Waals surface area contributed by atoms with Gasteiger partial charge in [-0.1, -0.05) is 43.7 Å². The van der Waals surface area contributed by atoms with Gasteiger partial charge in [0.05, 0.1) is 22.2 Å². The Morgan fingerprint density at radius 2 is 2.03 bits per heavy atom. The maximum atomic E-state index is 13.0. The van der Waals surface area contributed by atoms with Crippen LogP contribution in [0.3, 0.4) is 0 Å². The summed E-state index contributed by atoms with van der Waals surface area (Å²) in [5.74, 6) is -1.08. The summed E-state index contributed by atoms with van der Waals surface area (Å²) in [6, 6.07) is 0.166. The van der Waals surface area contributed by atoms with Crippen molar-refractivity contribution in [2.45, 2.75) is 64.6 Å². The molecule has 0 radical (unpaired) electrons. The number of carboxylic acid groups (broad SMARTS) is 1. The third-order valence-electron chi connectivity index (χ3n) is 6.45. The number of carbonyl (C=O) groups excluding carboxylic acids is 1. The lowest BCUT2D eigenvalue weighted by Gasteiger charge is -2.40. The fourth-order valence-corrected chi connectivity index (χ4v) is 5.73. The van der Waals surface area contributed by atoms with Gasteiger partial charge in [-0.05, 0) is 25.7 Å². The second-order valence-electron chi connectivity index (χ2n) is 8.65. The lowest BCUT2D eigenvalue weighted by molar-refractivity contribution is 0.0698. The number of nitrogens with one attached hydrogen (secondary N) is 3. The van der Waals surface area contributed by atoms with Crippen LogP contribution in [0.25, 0.3) is 10.2 Å². The number of anilines is 1. The highest BCUT2D eigenvalue weighted by Crippen LogP contribution is 2.32. The predicted octanol–water partition coefficient (Wildman–Crippen LogP) is 3.48. The number of nitrogens with zero attached hydrogens (tertiary/aromatic N) is 4. The second kappa shape index (κ2) is 10.9. The number of pyridine rings is 1. The number of hydrogen-bond donors (Lipinski definition) is 4. The van der Waals surface area contributed by atoms with Gasteiger partial charge in [0.1, 0.15) is 5.52 Å². The van der Waals surface area contributed by atoms with Crippen LogP contribution in [0.2, 0.25) is 5.15 Å². The minimum atomic E-state index is -1.02. The second-order valence-corrected chi connectivity index (χ2v) is 9.98. The number of hydrogen-bond acceptors (Lipinski definition) is 8. The quantitative estimate of drug-likeness (QED) is 0.337. The Morgan fingerprint density at radius 3 is 2.69 bits per heavy atom. The number of H-pyrrole nitrogens is 1. The zero-order valence-corrected chi connectivity index (χ0v) is 21.5. The van der Waals surface area contributed by atoms with Gasteiger partial charge >= 0.3 is 5.97 Å². The van der Waals surface area contributed by atoms with Crippen LogP contribution in [0.5, 0.6) is 0 Å². The third kappa shape index (κ3) is 5.41. The van der Waals surface area contributed by atoms with Gasteiger partial charge in [-0.25, -0.2) is 14.8 Å². The molecule has 188 valence electrons. The smallest absolute Gasteiger partial charge is 0.338 e. The van der Waals surface area contributed by atoms with Gasteiger partial charge in [0.2, 0.25) is 0 Å². The molecule has 3 aromatic rings. The molecular weight excluding hydrogens is 490 g/mol. The zero-order valence-electron chi connectivity index (χ0n) is 20.0. The van der Waals surface area contributed by atoms with E-state index in [0.717, 1.165) is 23.7 Å². The molecule has 12 heteroatoms. The first-order chi connectivity index (χ1) is 16.8. The van der Waals surface area contributed by atoms with Gasteiger partial charge < -0.3 is 25.6 Å². The molecule has 3 aromatic heterocycles. The molecule has 10 nitrogen and oxygen atoms in total. The molecule has 0 saturated carbocycles. The van der Waals surface area contributed by atoms with Gasteiger partial charge in [-0.3, -0.25) is 9.78 Å². The predicted molar refractivity (Wildman–Crippen MR) is 137 cm³/mol. The van der Waals surface area contributed by atoms with E-state index in [-0.39, 0.29) is 29.4 Å². The normalized spacial score (nSPS) is 18.4. The number of fused-ring (bicyclic) bond motifs is 1. The molecule has 1 amide bonds. The maximum absolute atomic E-state index is 13.0. The summed E-state index contributed by atoms with van der Waals surface area (Å²) < 4.78 is 0.615. The summed E-state index contributed by atoms with van der Waals surface area (Å²) in [4.78, 5) is 42.6. The third-order valence-corrected chi connectivity index (χ3v) is 7.93. The van der Waals surface area contributed by atoms with E-state index in [1.165, 1.54) is 17.5 Å². The van der Waals surface area contributed by atoms with Crippen LogP contribution < -0.4 is 15.5 Å². The van der Waals surface area contributed by atoms with E-state index in [1.807, 2.05) is 6.92 Å². The average Bonchev–Trinajstić information content (AvgIpc) is 3.46. The van der Waals surface area contributed by atoms with Crippen molar-refractivity contribution < 1.29 is 14.7 Å². The van der Waals surface area contributed by atoms with Crippen LogP contribution >= 0.6 is 22.9 Å². The molecule has 4 N–H and O–H groups in total. The van der Waals surface area contributed by atoms with Crippen molar-refractivity contribution in [3.05, 3.63) is 34.6 Å². The van der Waals surface area contributed by atoms with Crippen LogP contribution in [0.15, 0.2) is 12.4 Å². The molecule has 4 rings (SSSR count). The summed E-state index contributed by atoms with van der Waals surface area (Å²) >= 11 is 7.49. The zero-order chi connectivity index (χ0) is 25.1. The van der Waals surface area contributed by atoms with Gasteiger partial charge in [0.25, 0.3) is 5.91 Å². The highest BCUT2D eigenvalue weighted by Gasteiger charge is 2.33. The molecule has 1 fully saturated rings. The number of piperidine rings is 1. The fourth-order valence-electron chi connectivity index (χ4n) is 4.39. The Labute approximate surface area is 212 Å². The van der Waals surface area contributed by atoms with Gasteiger partial charge in [0.15, 0.2) is 16.1 Å². The summed E-state index contributed by atoms with van der Waals surface area (Å²) in [6.45, 7) is 7.52. The monoisotopic (exact) mass is 519 g/mol. The van der Waals surface area contributed by atoms with Crippen molar-refractivity contribution in [2.75, 3.05) is 18.0 Å². The van der Waals surface area contributed by atoms with E-state index in [0.29, 0.717) is 47.3 Å². The first-order valence-corrected chi connectivity index (χ1v) is 13.1. The standard InChI is InChI=1S/C23H30ClN7O3S/c1-4-12(5-2)26-17-11-31(23-29-16-10-25-9-13(22(33)34)18(16)35-23)8-7-15(17)28-21(32)20-27-14(6-3)19(24)30-20/h9-10,12,15,17,26H,4-8,11H2,1-3H3,(H,27,30)(H,28,32)(H,33,34)/t15-,17+/m1/s1. The van der Waals surface area contributed by atoms with Crippen LogP contribution in [-0.4, -0.2) is 68.1 Å². The van der Waals surface area contributed by atoms with E-state index in [1.54, 1.807) is 6.20 Å². The number of imidazole rings is 1. The molecule has 1 aliphatic heterocycles. The molecule has 0 aliphatic carbocycles. The summed E-state index contributed by atoms with van der Waals surface area (Å²) in [7, 11) is 0. The SMILES string of the molecule is CCc1[nH]c(C(=O)N[C@@H]2CCN(c3nc4cncc(C(=O)O)c4s3)C[C@@H]2NC(CC)CC)nc1Cl. The fraction of sp³-hybridized carbons (Fsp3) is 0.522. The number of aromatic nitrogens is 4. The molecule has 0 spiro atoms. The maximum Gasteiger partial charge on any atom is 0.338 e. The van der Waals surface area contributed by atoms with Crippen molar-refractivity contribution in [3.63, 3.8) is 0 Å². The van der Waals surface area contributed by atoms with Crippen LogP contribution in [0.4, 0.5) is 5.13 Å². The number of aromatic amines is 1. The minimum absolute atomic E-state index is 0.0299. The topological polar surface area (TPSA) is 136 Å². The Hall–Kier alpha value is -2.76. The van der Waals surface area contributed by atoms with Gasteiger partial charge in [-0.15, -0.1) is 0 Å². The number of thiazole rings is 1. The summed E-state index contributed by atoms with van der Waals surface area (Å²) in [5.41, 5.74) is 1.47. The molecule has 0 aromatic carbocycles. The van der Waals surface area contributed by atoms with Gasteiger partial charge in [0, 0.05) is 37.4 Å². The van der Waals surface area contributed by atoms with Crippen molar-refractivity contribution in [1.29, 1.82) is 0 Å². The lowest BCUT2D eigenvalue weighted by atomic mass is 9.97. The van der Waals surface area contributed by atoms with E-state index in [9.17, 15) is 14.7 Å². The van der Waals surface area contributed by atoms with Crippen molar-refractivity contribution in [1.82, 2.24) is 30.6 Å². The highest BCUT2D eigenvalue weighted by molar-refractivity contribution is 7.22. The molecule has 0 unspecified atom stereocenters. The first kappa shape index (κ1) is 25.3. The Balaban J connectivity index is 1.55. The molecule has 4 heterocycles. The van der Waals surface area contributed by atoms with E-state index < -0.39 is 5.97 Å². The highest BCUT2D eigenvalue weighted by atomic mass is 35.5. The minimum Gasteiger partial charge on any atom is -0.478 e. The number of aromatic carboxylic acids is 1. The Bertz CT molecular complexity index is 1210. The Kier molecular flexibility index (Phi) is 7.88. The Morgan fingerprint density at radius 1 is 1.26 bits per heavy atom. The van der Waals surface area contributed by atoms with Crippen LogP contribution in [-0.2, 0) is 6.42 Å². The van der Waals surface area contributed by atoms with E-state index >= 15 is 0 Å². The molecule has 1 saturated heterocycles. The number of carbonyl (C=O) groups is 2. The summed E-state index contributed by atoms with van der Waals surface area (Å²) in [5, 5.41) is 17.4. The van der Waals surface area contributed by atoms with Crippen molar-refractivity contribution in [2.24, 2.45) is 0 Å². The van der Waals surface area contributed by atoms with Gasteiger partial charge in [-0.2, -0.15) is 0 Å². The number of carboxylic acids is 1. The van der Waals surface area contributed by atoms with Crippen LogP contribution in [0, 0.1) is 0 Å². The largest absolute Gasteiger partial charge is 0.478 e. The molecule has 35 heavy (non-hydrogen) atoms. The van der Waals surface area contributed by atoms with Crippen LogP contribution in [0.1, 0.15) is 66.7 Å². The molecule has 0 bridgehead atoms. The van der Waals surface area contributed by atoms with E-state index in [2.05, 4.69) is 49.3 Å². The number of aryl methyl sites for hydroxylation is 1. The lowest BCUT2D eigenvalue weighted by Crippen LogP contribution is -2.61. The molecule has 2 atom stereocenters. The van der Waals surface area contributed by atoms with Crippen molar-refractivity contribution in [3.8, 4) is 0 Å². The number of amides is 1. The first-order valence-electron chi connectivity index (χ1n) is 11.9. The van der Waals surface area contributed by atoms with Crippen molar-refractivity contribution >= 4 is 50.2 Å². The summed E-state index contributed by atoms with van der Waals surface area (Å²) in [6.07, 6.45) is 6.24. The number of rotatable bonds is 9.